The largest absolute Gasteiger partial charge is 0.472 e. The van der Waals surface area contributed by atoms with Crippen molar-refractivity contribution in [1.82, 2.24) is 0 Å². The highest BCUT2D eigenvalue weighted by atomic mass is 31.2. The third-order valence-electron chi connectivity index (χ3n) is 7.94. The van der Waals surface area contributed by atoms with Crippen LogP contribution in [0.1, 0.15) is 142 Å². The van der Waals surface area contributed by atoms with Crippen molar-refractivity contribution in [3.05, 3.63) is 72.9 Å². The molecule has 0 heterocycles. The highest BCUT2D eigenvalue weighted by Gasteiger charge is 2.27. The van der Waals surface area contributed by atoms with Gasteiger partial charge in [-0.3, -0.25) is 18.6 Å². The van der Waals surface area contributed by atoms with Crippen LogP contribution in [-0.2, 0) is 32.7 Å². The summed E-state index contributed by atoms with van der Waals surface area (Å²) in [6.07, 6.45) is 41.9. The molecule has 0 aliphatic heterocycles. The third-order valence-corrected chi connectivity index (χ3v) is 8.89. The Hall–Kier alpha value is -2.59. The van der Waals surface area contributed by atoms with Gasteiger partial charge in [0.15, 0.2) is 0 Å². The molecule has 3 unspecified atom stereocenters. The Bertz CT molecular complexity index is 1110. The maximum absolute atomic E-state index is 12.3. The fourth-order valence-corrected chi connectivity index (χ4v) is 5.67. The molecule has 0 saturated carbocycles. The number of esters is 2. The van der Waals surface area contributed by atoms with Crippen LogP contribution in [0.3, 0.4) is 0 Å². The van der Waals surface area contributed by atoms with Gasteiger partial charge in [0.1, 0.15) is 12.2 Å². The van der Waals surface area contributed by atoms with Gasteiger partial charge in [-0.1, -0.05) is 138 Å². The molecule has 0 spiro atoms. The molecule has 10 nitrogen and oxygen atoms in total. The van der Waals surface area contributed by atoms with Crippen molar-refractivity contribution in [2.45, 2.75) is 154 Å². The second-order valence-electron chi connectivity index (χ2n) is 12.9. The van der Waals surface area contributed by atoms with E-state index in [4.69, 9.17) is 18.5 Å². The normalized spacial score (nSPS) is 14.7. The molecule has 304 valence electrons. The summed E-state index contributed by atoms with van der Waals surface area (Å²) < 4.78 is 32.3. The Labute approximate surface area is 320 Å². The number of carbonyl (C=O) groups excluding carboxylic acids is 2. The first-order chi connectivity index (χ1) is 25.8. The van der Waals surface area contributed by atoms with Crippen molar-refractivity contribution in [2.75, 3.05) is 26.4 Å². The smallest absolute Gasteiger partial charge is 0.457 e. The van der Waals surface area contributed by atoms with E-state index in [1.165, 1.54) is 38.5 Å². The summed E-state index contributed by atoms with van der Waals surface area (Å²) in [6.45, 7) is 1.94. The number of phosphoric acid groups is 1. The fraction of sp³-hybridized carbons (Fsp3) is 0.667. The maximum Gasteiger partial charge on any atom is 0.472 e. The predicted octanol–water partition coefficient (Wildman–Crippen LogP) is 10.1. The zero-order valence-electron chi connectivity index (χ0n) is 32.7. The minimum Gasteiger partial charge on any atom is -0.457 e. The van der Waals surface area contributed by atoms with Crippen molar-refractivity contribution in [2.24, 2.45) is 0 Å². The highest BCUT2D eigenvalue weighted by Crippen LogP contribution is 2.43. The van der Waals surface area contributed by atoms with Crippen molar-refractivity contribution in [3.8, 4) is 0 Å². The lowest BCUT2D eigenvalue weighted by Gasteiger charge is -2.20. The van der Waals surface area contributed by atoms with Crippen LogP contribution >= 0.6 is 7.82 Å². The van der Waals surface area contributed by atoms with Gasteiger partial charge in [-0.05, 0) is 64.2 Å². The Morgan fingerprint density at radius 2 is 0.962 bits per heavy atom. The predicted molar refractivity (Wildman–Crippen MR) is 214 cm³/mol. The summed E-state index contributed by atoms with van der Waals surface area (Å²) in [6, 6.07) is 0. The van der Waals surface area contributed by atoms with Crippen LogP contribution in [0.4, 0.5) is 0 Å². The minimum absolute atomic E-state index is 0.0438. The average Bonchev–Trinajstić information content (AvgIpc) is 3.14. The van der Waals surface area contributed by atoms with Crippen LogP contribution < -0.4 is 0 Å². The summed E-state index contributed by atoms with van der Waals surface area (Å²) in [5.41, 5.74) is 0. The zero-order chi connectivity index (χ0) is 39.1. The van der Waals surface area contributed by atoms with E-state index < -0.39 is 58.4 Å². The van der Waals surface area contributed by atoms with Gasteiger partial charge in [-0.25, -0.2) is 4.57 Å². The van der Waals surface area contributed by atoms with E-state index in [1.54, 1.807) is 6.08 Å². The SMILES string of the molecule is CC/C=C\C/C=C\C/C=C\C/C=C\C/C=C\CC(=O)OC(CO)COP(=O)(O)OCC(CO)OC(=O)CCCCCCC/C=C\CCCCCCCC. The highest BCUT2D eigenvalue weighted by molar-refractivity contribution is 7.47. The van der Waals surface area contributed by atoms with Gasteiger partial charge in [0, 0.05) is 6.42 Å². The number of allylic oxidation sites excluding steroid dienone is 11. The third kappa shape index (κ3) is 36.2. The lowest BCUT2D eigenvalue weighted by atomic mass is 10.1. The number of hydrogen-bond donors (Lipinski definition) is 3. The molecule has 0 aromatic rings. The molecule has 53 heavy (non-hydrogen) atoms. The number of aliphatic hydroxyl groups excluding tert-OH is 2. The summed E-state index contributed by atoms with van der Waals surface area (Å²) >= 11 is 0. The summed E-state index contributed by atoms with van der Waals surface area (Å²) in [5, 5.41) is 19.1. The molecular weight excluding hydrogens is 695 g/mol. The number of aliphatic hydroxyl groups is 2. The average molecular weight is 767 g/mol. The van der Waals surface area contributed by atoms with Gasteiger partial charge in [-0.2, -0.15) is 0 Å². The van der Waals surface area contributed by atoms with E-state index in [2.05, 4.69) is 62.5 Å². The zero-order valence-corrected chi connectivity index (χ0v) is 33.6. The molecule has 3 N–H and O–H groups in total. The summed E-state index contributed by atoms with van der Waals surface area (Å²) in [5.74, 6) is -1.17. The van der Waals surface area contributed by atoms with E-state index in [1.807, 2.05) is 18.2 Å². The van der Waals surface area contributed by atoms with Gasteiger partial charge in [0.2, 0.25) is 0 Å². The molecule has 0 radical (unpaired) electrons. The van der Waals surface area contributed by atoms with E-state index in [0.29, 0.717) is 12.8 Å². The molecule has 0 aliphatic rings. The molecule has 11 heteroatoms. The van der Waals surface area contributed by atoms with Gasteiger partial charge >= 0.3 is 19.8 Å². The fourth-order valence-electron chi connectivity index (χ4n) is 4.89. The van der Waals surface area contributed by atoms with Gasteiger partial charge in [0.05, 0.1) is 32.8 Å². The van der Waals surface area contributed by atoms with Crippen molar-refractivity contribution in [1.29, 1.82) is 0 Å². The number of hydrogen-bond acceptors (Lipinski definition) is 9. The lowest BCUT2D eigenvalue weighted by molar-refractivity contribution is -0.153. The summed E-state index contributed by atoms with van der Waals surface area (Å²) in [4.78, 5) is 34.3. The molecule has 0 aliphatic carbocycles. The summed E-state index contributed by atoms with van der Waals surface area (Å²) in [7, 11) is -4.66. The molecule has 0 bridgehead atoms. The number of carbonyl (C=O) groups is 2. The topological polar surface area (TPSA) is 149 Å². The number of phosphoric ester groups is 1. The van der Waals surface area contributed by atoms with Crippen LogP contribution in [0.15, 0.2) is 72.9 Å². The van der Waals surface area contributed by atoms with Crippen molar-refractivity contribution in [3.63, 3.8) is 0 Å². The molecule has 0 saturated heterocycles. The monoisotopic (exact) mass is 766 g/mol. The molecular formula is C42H71O10P. The van der Waals surface area contributed by atoms with Crippen LogP contribution in [0.25, 0.3) is 0 Å². The van der Waals surface area contributed by atoms with E-state index in [9.17, 15) is 29.3 Å². The van der Waals surface area contributed by atoms with E-state index >= 15 is 0 Å². The van der Waals surface area contributed by atoms with Crippen LogP contribution in [0.2, 0.25) is 0 Å². The van der Waals surface area contributed by atoms with Gasteiger partial charge < -0.3 is 24.6 Å². The van der Waals surface area contributed by atoms with Crippen molar-refractivity contribution < 1.29 is 47.8 Å². The second-order valence-corrected chi connectivity index (χ2v) is 14.3. The van der Waals surface area contributed by atoms with Crippen LogP contribution in [0.5, 0.6) is 0 Å². The van der Waals surface area contributed by atoms with Gasteiger partial charge in [-0.15, -0.1) is 0 Å². The molecule has 3 atom stereocenters. The quantitative estimate of drug-likeness (QED) is 0.0243. The minimum atomic E-state index is -4.66. The lowest BCUT2D eigenvalue weighted by Crippen LogP contribution is -2.28. The standard InChI is InChI=1S/C42H71O10P/c1-3-5-7-9-11-13-15-17-19-21-23-25-27-29-31-33-41(45)51-39(35-43)37-49-53(47,48)50-38-40(36-44)52-42(46)34-32-30-28-26-24-22-20-18-16-14-12-10-8-6-4-2/h5,7,11,13,17-20,23,25,29,31,39-40,43-44H,3-4,6,8-10,12,14-16,21-22,24,26-28,30,32-38H2,1-2H3,(H,47,48)/b7-5-,13-11-,19-17-,20-18-,25-23-,31-29-. The van der Waals surface area contributed by atoms with E-state index in [0.717, 1.165) is 64.2 Å². The molecule has 0 fully saturated rings. The molecule has 0 rings (SSSR count). The molecule has 0 aromatic carbocycles. The first-order valence-electron chi connectivity index (χ1n) is 19.9. The molecule has 0 amide bonds. The van der Waals surface area contributed by atoms with E-state index in [-0.39, 0.29) is 12.8 Å². The number of unbranched alkanes of at least 4 members (excludes halogenated alkanes) is 11. The van der Waals surface area contributed by atoms with Crippen LogP contribution in [0, 0.1) is 0 Å². The Morgan fingerprint density at radius 3 is 1.43 bits per heavy atom. The van der Waals surface area contributed by atoms with Gasteiger partial charge in [0.25, 0.3) is 0 Å². The number of rotatable bonds is 36. The Morgan fingerprint density at radius 1 is 0.547 bits per heavy atom. The second kappa shape index (κ2) is 37.7. The Kier molecular flexibility index (Phi) is 35.9. The first-order valence-corrected chi connectivity index (χ1v) is 21.4. The van der Waals surface area contributed by atoms with Crippen LogP contribution in [-0.4, -0.2) is 65.7 Å². The van der Waals surface area contributed by atoms with Crippen molar-refractivity contribution >= 4 is 19.8 Å². The molecule has 0 aromatic heterocycles. The maximum atomic E-state index is 12.3. The first kappa shape index (κ1) is 50.4. The Balaban J connectivity index is 4.10. The number of ether oxygens (including phenoxy) is 2.